The standard InChI is InChI=1S/C18H18N2O3S/c1-22-15-10-8-14(9-11-15)19-18(24)20-17(21)12-7-13-5-3-4-6-16(13)23-2/h3-12H,1-2H3,(H2,19,20,21,24). The topological polar surface area (TPSA) is 59.6 Å². The van der Waals surface area contributed by atoms with E-state index in [4.69, 9.17) is 21.7 Å². The number of thiocarbonyl (C=S) groups is 1. The summed E-state index contributed by atoms with van der Waals surface area (Å²) in [6.45, 7) is 0. The summed E-state index contributed by atoms with van der Waals surface area (Å²) in [5.41, 5.74) is 1.57. The zero-order valence-electron chi connectivity index (χ0n) is 13.4. The molecule has 0 heterocycles. The zero-order valence-corrected chi connectivity index (χ0v) is 14.2. The van der Waals surface area contributed by atoms with E-state index in [0.717, 1.165) is 17.0 Å². The molecule has 0 unspecified atom stereocenters. The first-order valence-electron chi connectivity index (χ1n) is 7.19. The number of carbonyl (C=O) groups excluding carboxylic acids is 1. The Hall–Kier alpha value is -2.86. The van der Waals surface area contributed by atoms with Crippen LogP contribution >= 0.6 is 12.2 Å². The summed E-state index contributed by atoms with van der Waals surface area (Å²) in [4.78, 5) is 11.9. The molecule has 0 bridgehead atoms. The first kappa shape index (κ1) is 17.5. The molecule has 0 aliphatic carbocycles. The van der Waals surface area contributed by atoms with Crippen molar-refractivity contribution >= 4 is 35.0 Å². The van der Waals surface area contributed by atoms with Crippen LogP contribution in [0.4, 0.5) is 5.69 Å². The fourth-order valence-corrected chi connectivity index (χ4v) is 2.18. The van der Waals surface area contributed by atoms with Gasteiger partial charge in [-0.15, -0.1) is 0 Å². The van der Waals surface area contributed by atoms with E-state index in [2.05, 4.69) is 10.6 Å². The molecule has 0 saturated carbocycles. The lowest BCUT2D eigenvalue weighted by Crippen LogP contribution is -2.32. The van der Waals surface area contributed by atoms with Gasteiger partial charge in [0.2, 0.25) is 5.91 Å². The summed E-state index contributed by atoms with van der Waals surface area (Å²) in [7, 11) is 3.18. The average Bonchev–Trinajstić information content (AvgIpc) is 2.60. The molecule has 2 aromatic rings. The van der Waals surface area contributed by atoms with Crippen LogP contribution in [0.3, 0.4) is 0 Å². The van der Waals surface area contributed by atoms with Gasteiger partial charge >= 0.3 is 0 Å². The molecule has 5 nitrogen and oxygen atoms in total. The SMILES string of the molecule is COc1ccc(NC(=S)NC(=O)C=Cc2ccccc2OC)cc1. The number of methoxy groups -OCH3 is 2. The number of anilines is 1. The number of hydrogen-bond acceptors (Lipinski definition) is 4. The van der Waals surface area contributed by atoms with Gasteiger partial charge in [0.25, 0.3) is 0 Å². The first-order valence-corrected chi connectivity index (χ1v) is 7.60. The van der Waals surface area contributed by atoms with E-state index in [1.807, 2.05) is 36.4 Å². The predicted molar refractivity (Wildman–Crippen MR) is 99.4 cm³/mol. The minimum atomic E-state index is -0.327. The van der Waals surface area contributed by atoms with E-state index < -0.39 is 0 Å². The molecule has 0 saturated heterocycles. The molecule has 1 amide bonds. The number of benzene rings is 2. The van der Waals surface area contributed by atoms with Crippen LogP contribution in [0.5, 0.6) is 11.5 Å². The van der Waals surface area contributed by atoms with Crippen molar-refractivity contribution in [2.45, 2.75) is 0 Å². The monoisotopic (exact) mass is 342 g/mol. The van der Waals surface area contributed by atoms with Gasteiger partial charge in [-0.05, 0) is 48.6 Å². The van der Waals surface area contributed by atoms with Crippen LogP contribution < -0.4 is 20.1 Å². The molecule has 0 radical (unpaired) electrons. The highest BCUT2D eigenvalue weighted by Crippen LogP contribution is 2.18. The third kappa shape index (κ3) is 5.10. The molecule has 0 atom stereocenters. The molecule has 124 valence electrons. The first-order chi connectivity index (χ1) is 11.6. The number of ether oxygens (including phenoxy) is 2. The van der Waals surface area contributed by atoms with E-state index in [1.54, 1.807) is 32.4 Å². The largest absolute Gasteiger partial charge is 0.497 e. The third-order valence-corrected chi connectivity index (χ3v) is 3.34. The number of hydrogen-bond donors (Lipinski definition) is 2. The van der Waals surface area contributed by atoms with Crippen LogP contribution in [0.15, 0.2) is 54.6 Å². The van der Waals surface area contributed by atoms with Crippen LogP contribution in [0.25, 0.3) is 6.08 Å². The van der Waals surface area contributed by atoms with Gasteiger partial charge in [-0.2, -0.15) is 0 Å². The van der Waals surface area contributed by atoms with Crippen molar-refractivity contribution in [3.8, 4) is 11.5 Å². The van der Waals surface area contributed by atoms with E-state index in [-0.39, 0.29) is 11.0 Å². The second-order valence-electron chi connectivity index (χ2n) is 4.75. The smallest absolute Gasteiger partial charge is 0.250 e. The zero-order chi connectivity index (χ0) is 17.4. The molecule has 2 rings (SSSR count). The van der Waals surface area contributed by atoms with Gasteiger partial charge in [0.1, 0.15) is 11.5 Å². The van der Waals surface area contributed by atoms with E-state index >= 15 is 0 Å². The van der Waals surface area contributed by atoms with Gasteiger partial charge < -0.3 is 14.8 Å². The second-order valence-corrected chi connectivity index (χ2v) is 5.16. The molecular formula is C18H18N2O3S. The molecule has 0 fully saturated rings. The number of carbonyl (C=O) groups is 1. The third-order valence-electron chi connectivity index (χ3n) is 3.14. The van der Waals surface area contributed by atoms with Gasteiger partial charge in [0, 0.05) is 17.3 Å². The molecule has 2 aromatic carbocycles. The Morgan fingerprint density at radius 3 is 2.42 bits per heavy atom. The lowest BCUT2D eigenvalue weighted by molar-refractivity contribution is -0.115. The molecule has 6 heteroatoms. The Labute approximate surface area is 146 Å². The van der Waals surface area contributed by atoms with Gasteiger partial charge in [-0.25, -0.2) is 0 Å². The highest BCUT2D eigenvalue weighted by molar-refractivity contribution is 7.80. The van der Waals surface area contributed by atoms with Crippen molar-refractivity contribution in [3.05, 3.63) is 60.2 Å². The highest BCUT2D eigenvalue weighted by atomic mass is 32.1. The lowest BCUT2D eigenvalue weighted by Gasteiger charge is -2.09. The lowest BCUT2D eigenvalue weighted by atomic mass is 10.2. The van der Waals surface area contributed by atoms with Gasteiger partial charge in [-0.3, -0.25) is 10.1 Å². The van der Waals surface area contributed by atoms with Crippen molar-refractivity contribution in [3.63, 3.8) is 0 Å². The summed E-state index contributed by atoms with van der Waals surface area (Å²) < 4.78 is 10.3. The summed E-state index contributed by atoms with van der Waals surface area (Å²) in [5, 5.41) is 5.73. The van der Waals surface area contributed by atoms with Crippen LogP contribution in [0.2, 0.25) is 0 Å². The van der Waals surface area contributed by atoms with Gasteiger partial charge in [0.05, 0.1) is 14.2 Å². The van der Waals surface area contributed by atoms with Gasteiger partial charge in [-0.1, -0.05) is 18.2 Å². The van der Waals surface area contributed by atoms with Crippen molar-refractivity contribution in [1.29, 1.82) is 0 Å². The fourth-order valence-electron chi connectivity index (χ4n) is 1.96. The maximum absolute atomic E-state index is 11.9. The number of rotatable bonds is 5. The maximum Gasteiger partial charge on any atom is 0.250 e. The Bertz CT molecular complexity index is 742. The molecule has 0 aliphatic rings. The minimum Gasteiger partial charge on any atom is -0.497 e. The summed E-state index contributed by atoms with van der Waals surface area (Å²) in [6, 6.07) is 14.6. The molecule has 0 spiro atoms. The Morgan fingerprint density at radius 1 is 1.04 bits per heavy atom. The fraction of sp³-hybridized carbons (Fsp3) is 0.111. The Morgan fingerprint density at radius 2 is 1.75 bits per heavy atom. The van der Waals surface area contributed by atoms with Crippen molar-refractivity contribution in [2.75, 3.05) is 19.5 Å². The predicted octanol–water partition coefficient (Wildman–Crippen LogP) is 3.23. The molecule has 0 aliphatic heterocycles. The van der Waals surface area contributed by atoms with E-state index in [0.29, 0.717) is 5.75 Å². The molecular weight excluding hydrogens is 324 g/mol. The quantitative estimate of drug-likeness (QED) is 0.645. The van der Waals surface area contributed by atoms with Crippen LogP contribution in [0.1, 0.15) is 5.56 Å². The van der Waals surface area contributed by atoms with Crippen LogP contribution in [-0.2, 0) is 4.79 Å². The average molecular weight is 342 g/mol. The summed E-state index contributed by atoms with van der Waals surface area (Å²) in [5.74, 6) is 1.11. The number of para-hydroxylation sites is 1. The molecule has 0 aromatic heterocycles. The number of nitrogens with one attached hydrogen (secondary N) is 2. The second kappa shape index (κ2) is 8.69. The van der Waals surface area contributed by atoms with Crippen molar-refractivity contribution < 1.29 is 14.3 Å². The maximum atomic E-state index is 11.9. The van der Waals surface area contributed by atoms with Gasteiger partial charge in [0.15, 0.2) is 5.11 Å². The van der Waals surface area contributed by atoms with Crippen molar-refractivity contribution in [2.24, 2.45) is 0 Å². The van der Waals surface area contributed by atoms with Crippen LogP contribution in [-0.4, -0.2) is 25.2 Å². The Balaban J connectivity index is 1.91. The van der Waals surface area contributed by atoms with Crippen LogP contribution in [0, 0.1) is 0 Å². The van der Waals surface area contributed by atoms with E-state index in [1.165, 1.54) is 6.08 Å². The summed E-state index contributed by atoms with van der Waals surface area (Å²) >= 11 is 5.12. The van der Waals surface area contributed by atoms with E-state index in [9.17, 15) is 4.79 Å². The van der Waals surface area contributed by atoms with Crippen molar-refractivity contribution in [1.82, 2.24) is 5.32 Å². The highest BCUT2D eigenvalue weighted by Gasteiger charge is 2.03. The number of amides is 1. The minimum absolute atomic E-state index is 0.217. The Kier molecular flexibility index (Phi) is 6.33. The molecule has 2 N–H and O–H groups in total. The summed E-state index contributed by atoms with van der Waals surface area (Å²) in [6.07, 6.45) is 3.07. The normalized spacial score (nSPS) is 10.2. The molecule has 24 heavy (non-hydrogen) atoms.